The first kappa shape index (κ1) is 39.5. The Kier molecular flexibility index (Phi) is 11.8. The molecule has 0 amide bonds. The third-order valence-electron chi connectivity index (χ3n) is 9.52. The van der Waals surface area contributed by atoms with Gasteiger partial charge in [-0.2, -0.15) is 0 Å². The van der Waals surface area contributed by atoms with Crippen molar-refractivity contribution in [2.45, 2.75) is 49.3 Å². The van der Waals surface area contributed by atoms with E-state index in [-0.39, 0.29) is 9.79 Å². The molecule has 0 unspecified atom stereocenters. The van der Waals surface area contributed by atoms with Crippen molar-refractivity contribution >= 4 is 74.4 Å². The Hall–Kier alpha value is -4.74. The average molecular weight is 909 g/mol. The van der Waals surface area contributed by atoms with Crippen molar-refractivity contribution < 1.29 is 16.8 Å². The summed E-state index contributed by atoms with van der Waals surface area (Å²) in [6.45, 7) is 3.87. The number of hydrogen-bond donors (Lipinski definition) is 2. The molecule has 0 bridgehead atoms. The Morgan fingerprint density at radius 1 is 0.446 bits per heavy atom. The Bertz CT molecular complexity index is 2470. The van der Waals surface area contributed by atoms with Crippen molar-refractivity contribution in [2.75, 3.05) is 9.44 Å². The Morgan fingerprint density at radius 2 is 0.768 bits per heavy atom. The molecular weight excluding hydrogens is 868 g/mol. The van der Waals surface area contributed by atoms with Gasteiger partial charge in [0.1, 0.15) is 0 Å². The number of nitrogens with one attached hydrogen (secondary N) is 2. The lowest BCUT2D eigenvalue weighted by atomic mass is 9.95. The molecule has 2 aliphatic rings. The van der Waals surface area contributed by atoms with E-state index >= 15 is 0 Å². The molecule has 0 saturated heterocycles. The maximum Gasteiger partial charge on any atom is 0.261 e. The van der Waals surface area contributed by atoms with Crippen LogP contribution in [0.5, 0.6) is 0 Å². The molecule has 6 nitrogen and oxygen atoms in total. The molecule has 284 valence electrons. The fourth-order valence-corrected chi connectivity index (χ4v) is 9.07. The van der Waals surface area contributed by atoms with Crippen LogP contribution >= 0.6 is 31.9 Å². The molecule has 10 heteroatoms. The van der Waals surface area contributed by atoms with Gasteiger partial charge in [-0.1, -0.05) is 139 Å². The molecule has 0 radical (unpaired) electrons. The van der Waals surface area contributed by atoms with Crippen LogP contribution in [-0.4, -0.2) is 16.8 Å². The molecule has 8 rings (SSSR count). The van der Waals surface area contributed by atoms with E-state index in [0.717, 1.165) is 79.2 Å². The highest BCUT2D eigenvalue weighted by Gasteiger charge is 2.25. The highest BCUT2D eigenvalue weighted by Crippen LogP contribution is 2.44. The lowest BCUT2D eigenvalue weighted by molar-refractivity contribution is 0.599. The Morgan fingerprint density at radius 3 is 1.09 bits per heavy atom. The first-order valence-electron chi connectivity index (χ1n) is 18.2. The van der Waals surface area contributed by atoms with Crippen molar-refractivity contribution in [3.8, 4) is 0 Å². The number of hydrogen-bond acceptors (Lipinski definition) is 4. The fraction of sp³-hybridized carbons (Fsp3) is 0.130. The second-order valence-corrected chi connectivity index (χ2v) is 19.1. The van der Waals surface area contributed by atoms with E-state index < -0.39 is 20.0 Å². The van der Waals surface area contributed by atoms with E-state index in [1.807, 2.05) is 86.6 Å². The van der Waals surface area contributed by atoms with Gasteiger partial charge in [0.15, 0.2) is 0 Å². The summed E-state index contributed by atoms with van der Waals surface area (Å²) in [6.07, 6.45) is 4.18. The predicted octanol–water partition coefficient (Wildman–Crippen LogP) is 12.3. The highest BCUT2D eigenvalue weighted by molar-refractivity contribution is 9.10. The van der Waals surface area contributed by atoms with Gasteiger partial charge in [0.2, 0.25) is 0 Å². The van der Waals surface area contributed by atoms with Crippen molar-refractivity contribution in [3.63, 3.8) is 0 Å². The van der Waals surface area contributed by atoms with Crippen LogP contribution in [0.15, 0.2) is 175 Å². The van der Waals surface area contributed by atoms with Gasteiger partial charge in [0, 0.05) is 20.1 Å². The fourth-order valence-electron chi connectivity index (χ4n) is 6.38. The molecule has 2 saturated carbocycles. The van der Waals surface area contributed by atoms with Gasteiger partial charge < -0.3 is 0 Å². The summed E-state index contributed by atoms with van der Waals surface area (Å²) in [5.74, 6) is 0. The molecule has 0 heterocycles. The molecule has 56 heavy (non-hydrogen) atoms. The van der Waals surface area contributed by atoms with Crippen LogP contribution in [0.3, 0.4) is 0 Å². The van der Waals surface area contributed by atoms with E-state index in [9.17, 15) is 16.8 Å². The first-order valence-corrected chi connectivity index (χ1v) is 22.8. The Labute approximate surface area is 346 Å². The van der Waals surface area contributed by atoms with Crippen molar-refractivity contribution in [1.82, 2.24) is 0 Å². The monoisotopic (exact) mass is 906 g/mol. The summed E-state index contributed by atoms with van der Waals surface area (Å²) >= 11 is 6.96. The smallest absolute Gasteiger partial charge is 0.261 e. The third-order valence-corrected chi connectivity index (χ3v) is 13.3. The van der Waals surface area contributed by atoms with E-state index in [4.69, 9.17) is 0 Å². The van der Waals surface area contributed by atoms with E-state index in [2.05, 4.69) is 65.6 Å². The van der Waals surface area contributed by atoms with Crippen LogP contribution in [-0.2, 0) is 20.0 Å². The van der Waals surface area contributed by atoms with Crippen LogP contribution < -0.4 is 9.44 Å². The summed E-state index contributed by atoms with van der Waals surface area (Å²) in [5, 5.41) is 0. The summed E-state index contributed by atoms with van der Waals surface area (Å²) in [7, 11) is -7.32. The van der Waals surface area contributed by atoms with Gasteiger partial charge in [0.05, 0.1) is 21.2 Å². The number of rotatable bonds is 10. The summed E-state index contributed by atoms with van der Waals surface area (Å²) in [5.41, 5.74) is 12.2. The minimum Gasteiger partial charge on any atom is -0.279 e. The van der Waals surface area contributed by atoms with Crippen LogP contribution in [0, 0.1) is 13.8 Å². The highest BCUT2D eigenvalue weighted by atomic mass is 79.9. The van der Waals surface area contributed by atoms with Gasteiger partial charge >= 0.3 is 0 Å². The third kappa shape index (κ3) is 9.61. The number of benzene rings is 6. The number of sulfonamides is 2. The molecule has 0 aromatic heterocycles. The topological polar surface area (TPSA) is 92.3 Å². The zero-order chi connectivity index (χ0) is 39.5. The number of aryl methyl sites for hydroxylation is 2. The lowest BCUT2D eigenvalue weighted by Gasteiger charge is -2.16. The van der Waals surface area contributed by atoms with E-state index in [0.29, 0.717) is 11.4 Å². The largest absolute Gasteiger partial charge is 0.279 e. The maximum atomic E-state index is 12.9. The van der Waals surface area contributed by atoms with Crippen molar-refractivity contribution in [3.05, 3.63) is 199 Å². The molecular formula is C46H40Br2N2O4S2. The lowest BCUT2D eigenvalue weighted by Crippen LogP contribution is -2.14. The summed E-state index contributed by atoms with van der Waals surface area (Å²) in [6, 6.07) is 45.3. The van der Waals surface area contributed by atoms with Crippen molar-refractivity contribution in [1.29, 1.82) is 0 Å². The number of anilines is 2. The van der Waals surface area contributed by atoms with E-state index in [1.54, 1.807) is 48.5 Å². The van der Waals surface area contributed by atoms with Crippen LogP contribution in [0.2, 0.25) is 0 Å². The second kappa shape index (κ2) is 16.8. The molecule has 2 aliphatic carbocycles. The molecule has 6 aromatic carbocycles. The first-order chi connectivity index (χ1) is 26.9. The quantitative estimate of drug-likeness (QED) is 0.143. The van der Waals surface area contributed by atoms with Gasteiger partial charge in [0.25, 0.3) is 20.0 Å². The van der Waals surface area contributed by atoms with Gasteiger partial charge in [-0.15, -0.1) is 0 Å². The van der Waals surface area contributed by atoms with Crippen LogP contribution in [0.25, 0.3) is 11.1 Å². The standard InChI is InChI=1S/2C23H20BrNO2S/c2*1-16-6-14-20(15-7-16)28(26,27)25-22-5-3-2-4-21(22)23(17-8-9-17)18-10-12-19(24)13-11-18/h2*2-7,10-15,25H,8-9H2,1H3. The van der Waals surface area contributed by atoms with Gasteiger partial charge in [-0.05, 0) is 122 Å². The minimum atomic E-state index is -3.66. The second-order valence-electron chi connectivity index (χ2n) is 13.9. The minimum absolute atomic E-state index is 0.261. The molecule has 0 atom stereocenters. The molecule has 0 spiro atoms. The zero-order valence-electron chi connectivity index (χ0n) is 30.9. The molecule has 0 aliphatic heterocycles. The van der Waals surface area contributed by atoms with Gasteiger partial charge in [-0.25, -0.2) is 16.8 Å². The average Bonchev–Trinajstić information content (AvgIpc) is 4.12. The summed E-state index contributed by atoms with van der Waals surface area (Å²) in [4.78, 5) is 0.523. The Balaban J connectivity index is 0.000000172. The van der Waals surface area contributed by atoms with Crippen LogP contribution in [0.1, 0.15) is 59.1 Å². The molecule has 2 N–H and O–H groups in total. The normalized spacial score (nSPS) is 13.3. The number of halogens is 2. The number of para-hydroxylation sites is 2. The SMILES string of the molecule is Cc1ccc(S(=O)(=O)Nc2ccccc2C(=C2CC2)c2ccc(Br)cc2)cc1.Cc1ccc(S(=O)(=O)Nc2ccccc2C(=C2CC2)c2ccc(Br)cc2)cc1. The van der Waals surface area contributed by atoms with Crippen LogP contribution in [0.4, 0.5) is 11.4 Å². The molecule has 2 fully saturated rings. The zero-order valence-corrected chi connectivity index (χ0v) is 35.7. The van der Waals surface area contributed by atoms with E-state index in [1.165, 1.54) is 11.1 Å². The van der Waals surface area contributed by atoms with Crippen molar-refractivity contribution in [2.24, 2.45) is 0 Å². The number of allylic oxidation sites excluding steroid dienone is 2. The summed E-state index contributed by atoms with van der Waals surface area (Å²) < 4.78 is 59.3. The van der Waals surface area contributed by atoms with Gasteiger partial charge in [-0.3, -0.25) is 9.44 Å². The maximum absolute atomic E-state index is 12.9. The predicted molar refractivity (Wildman–Crippen MR) is 236 cm³/mol. The molecule has 6 aromatic rings.